The van der Waals surface area contributed by atoms with Gasteiger partial charge in [-0.15, -0.1) is 0 Å². The predicted molar refractivity (Wildman–Crippen MR) is 160 cm³/mol. The number of aromatic amines is 1. The zero-order chi connectivity index (χ0) is 28.0. The Morgan fingerprint density at radius 2 is 1.85 bits per heavy atom. The van der Waals surface area contributed by atoms with E-state index in [1.54, 1.807) is 12.4 Å². The Morgan fingerprint density at radius 3 is 2.66 bits per heavy atom. The first-order chi connectivity index (χ1) is 20.1. The van der Waals surface area contributed by atoms with Gasteiger partial charge >= 0.3 is 0 Å². The van der Waals surface area contributed by atoms with Crippen LogP contribution in [0.1, 0.15) is 41.6 Å². The van der Waals surface area contributed by atoms with E-state index in [4.69, 9.17) is 0 Å². The summed E-state index contributed by atoms with van der Waals surface area (Å²) < 4.78 is 0. The highest BCUT2D eigenvalue weighted by molar-refractivity contribution is 6.01. The summed E-state index contributed by atoms with van der Waals surface area (Å²) in [6, 6.07) is 19.1. The normalized spacial score (nSPS) is 19.1. The second-order valence-electron chi connectivity index (χ2n) is 10.7. The van der Waals surface area contributed by atoms with Gasteiger partial charge in [0.05, 0.1) is 11.6 Å². The molecule has 0 radical (unpaired) electrons. The van der Waals surface area contributed by atoms with Gasteiger partial charge in [-0.25, -0.2) is 0 Å². The maximum absolute atomic E-state index is 13.4. The van der Waals surface area contributed by atoms with Gasteiger partial charge in [-0.3, -0.25) is 24.6 Å². The Bertz CT molecular complexity index is 1580. The summed E-state index contributed by atoms with van der Waals surface area (Å²) in [5.74, 6) is -0.0874. The summed E-state index contributed by atoms with van der Waals surface area (Å²) in [4.78, 5) is 33.1. The van der Waals surface area contributed by atoms with Crippen LogP contribution in [-0.4, -0.2) is 57.1 Å². The fraction of sp³-hybridized carbons (Fsp3) is 0.273. The molecule has 0 bridgehead atoms. The number of amides is 2. The maximum atomic E-state index is 13.4. The van der Waals surface area contributed by atoms with Gasteiger partial charge < -0.3 is 10.6 Å². The largest absolute Gasteiger partial charge is 0.351 e. The standard InChI is InChI=1S/C33H34N6O2/c40-32(26-11-13-29-28(19-26)31(38-37-29)25-15-17-34-18-16-25)36-27-12-14-30(33(41)35-20-23-7-3-1-4-8-23)39(22-27)21-24-9-5-2-6-10-24/h1,3-5,7-11,13,15-19,27,30H,2,6,12,14,20-22H2,(H,35,41)(H,36,40)(H,37,38)/t27-,30+/m1/s1. The fourth-order valence-electron chi connectivity index (χ4n) is 5.71. The summed E-state index contributed by atoms with van der Waals surface area (Å²) in [5, 5.41) is 14.8. The minimum Gasteiger partial charge on any atom is -0.351 e. The molecule has 1 saturated heterocycles. The number of allylic oxidation sites excluding steroid dienone is 2. The quantitative estimate of drug-likeness (QED) is 0.295. The number of carbonyl (C=O) groups is 2. The van der Waals surface area contributed by atoms with Crippen LogP contribution in [0.2, 0.25) is 0 Å². The average Bonchev–Trinajstić information content (AvgIpc) is 3.45. The summed E-state index contributed by atoms with van der Waals surface area (Å²) in [6.07, 6.45) is 13.5. The summed E-state index contributed by atoms with van der Waals surface area (Å²) in [5.41, 5.74) is 5.48. The number of hydrogen-bond donors (Lipinski definition) is 3. The van der Waals surface area contributed by atoms with Crippen LogP contribution in [0.25, 0.3) is 22.2 Å². The third kappa shape index (κ3) is 6.28. The van der Waals surface area contributed by atoms with E-state index >= 15 is 0 Å². The van der Waals surface area contributed by atoms with E-state index in [1.807, 2.05) is 60.7 Å². The number of nitrogens with one attached hydrogen (secondary N) is 3. The van der Waals surface area contributed by atoms with E-state index in [0.29, 0.717) is 31.6 Å². The van der Waals surface area contributed by atoms with E-state index in [9.17, 15) is 9.59 Å². The second-order valence-corrected chi connectivity index (χ2v) is 10.7. The highest BCUT2D eigenvalue weighted by atomic mass is 16.2. The lowest BCUT2D eigenvalue weighted by Gasteiger charge is -2.39. The van der Waals surface area contributed by atoms with Crippen LogP contribution < -0.4 is 10.6 Å². The Morgan fingerprint density at radius 1 is 1.00 bits per heavy atom. The number of rotatable bonds is 8. The molecule has 2 aliphatic rings. The molecule has 6 rings (SSSR count). The molecule has 2 aromatic heterocycles. The number of fused-ring (bicyclic) bond motifs is 1. The molecule has 3 heterocycles. The fourth-order valence-corrected chi connectivity index (χ4v) is 5.71. The number of nitrogens with zero attached hydrogens (tertiary/aromatic N) is 3. The van der Waals surface area contributed by atoms with Gasteiger partial charge in [0.2, 0.25) is 5.91 Å². The number of carbonyl (C=O) groups excluding carboxylic acids is 2. The molecule has 208 valence electrons. The number of H-pyrrole nitrogens is 1. The van der Waals surface area contributed by atoms with Crippen LogP contribution in [0.3, 0.4) is 0 Å². The van der Waals surface area contributed by atoms with E-state index in [1.165, 1.54) is 5.57 Å². The van der Waals surface area contributed by atoms with Crippen LogP contribution in [0.15, 0.2) is 96.9 Å². The molecule has 3 N–H and O–H groups in total. The summed E-state index contributed by atoms with van der Waals surface area (Å²) in [6.45, 7) is 1.80. The molecule has 8 heteroatoms. The van der Waals surface area contributed by atoms with E-state index in [-0.39, 0.29) is 23.9 Å². The zero-order valence-electron chi connectivity index (χ0n) is 22.9. The number of piperidine rings is 1. The van der Waals surface area contributed by atoms with Crippen molar-refractivity contribution in [2.45, 2.75) is 44.3 Å². The van der Waals surface area contributed by atoms with Gasteiger partial charge in [0, 0.05) is 54.6 Å². The van der Waals surface area contributed by atoms with Crippen molar-refractivity contribution in [3.05, 3.63) is 108 Å². The first-order valence-corrected chi connectivity index (χ1v) is 14.2. The van der Waals surface area contributed by atoms with Crippen molar-refractivity contribution in [2.24, 2.45) is 0 Å². The Labute approximate surface area is 239 Å². The van der Waals surface area contributed by atoms with Crippen molar-refractivity contribution >= 4 is 22.7 Å². The molecule has 1 aliphatic heterocycles. The molecule has 4 aromatic rings. The molecular formula is C33H34N6O2. The number of aromatic nitrogens is 3. The predicted octanol–water partition coefficient (Wildman–Crippen LogP) is 4.78. The van der Waals surface area contributed by atoms with Crippen molar-refractivity contribution in [1.29, 1.82) is 0 Å². The van der Waals surface area contributed by atoms with Gasteiger partial charge in [0.1, 0.15) is 5.69 Å². The summed E-state index contributed by atoms with van der Waals surface area (Å²) >= 11 is 0. The van der Waals surface area contributed by atoms with Gasteiger partial charge in [-0.05, 0) is 67.2 Å². The zero-order valence-corrected chi connectivity index (χ0v) is 22.9. The van der Waals surface area contributed by atoms with Crippen LogP contribution in [0.5, 0.6) is 0 Å². The first kappa shape index (κ1) is 26.7. The first-order valence-electron chi connectivity index (χ1n) is 14.2. The van der Waals surface area contributed by atoms with Gasteiger partial charge in [-0.1, -0.05) is 48.6 Å². The number of pyridine rings is 1. The molecule has 2 amide bonds. The second kappa shape index (κ2) is 12.3. The Kier molecular flexibility index (Phi) is 8.00. The lowest BCUT2D eigenvalue weighted by molar-refractivity contribution is -0.127. The van der Waals surface area contributed by atoms with Crippen molar-refractivity contribution in [2.75, 3.05) is 13.1 Å². The Balaban J connectivity index is 1.15. The third-order valence-corrected chi connectivity index (χ3v) is 7.87. The Hall–Kier alpha value is -4.56. The van der Waals surface area contributed by atoms with Crippen molar-refractivity contribution in [3.8, 4) is 11.3 Å². The monoisotopic (exact) mass is 546 g/mol. The van der Waals surface area contributed by atoms with E-state index in [2.05, 4.69) is 48.9 Å². The lowest BCUT2D eigenvalue weighted by atomic mass is 9.95. The van der Waals surface area contributed by atoms with Crippen molar-refractivity contribution in [1.82, 2.24) is 30.7 Å². The molecule has 1 fully saturated rings. The molecule has 41 heavy (non-hydrogen) atoms. The smallest absolute Gasteiger partial charge is 0.251 e. The van der Waals surface area contributed by atoms with Crippen molar-refractivity contribution < 1.29 is 9.59 Å². The van der Waals surface area contributed by atoms with Gasteiger partial charge in [0.15, 0.2) is 0 Å². The minimum absolute atomic E-state index is 0.0352. The van der Waals surface area contributed by atoms with E-state index < -0.39 is 0 Å². The molecule has 0 spiro atoms. The third-order valence-electron chi connectivity index (χ3n) is 7.87. The highest BCUT2D eigenvalue weighted by Crippen LogP contribution is 2.27. The van der Waals surface area contributed by atoms with Crippen LogP contribution in [0, 0.1) is 0 Å². The van der Waals surface area contributed by atoms with Gasteiger partial charge in [-0.2, -0.15) is 5.10 Å². The number of benzene rings is 2. The van der Waals surface area contributed by atoms with Crippen LogP contribution in [0.4, 0.5) is 0 Å². The minimum atomic E-state index is -0.242. The average molecular weight is 547 g/mol. The molecular weight excluding hydrogens is 512 g/mol. The summed E-state index contributed by atoms with van der Waals surface area (Å²) in [7, 11) is 0. The molecule has 1 aliphatic carbocycles. The molecule has 2 atom stereocenters. The van der Waals surface area contributed by atoms with Crippen LogP contribution >= 0.6 is 0 Å². The van der Waals surface area contributed by atoms with E-state index in [0.717, 1.165) is 47.0 Å². The highest BCUT2D eigenvalue weighted by Gasteiger charge is 2.34. The van der Waals surface area contributed by atoms with Crippen molar-refractivity contribution in [3.63, 3.8) is 0 Å². The maximum Gasteiger partial charge on any atom is 0.251 e. The number of hydrogen-bond acceptors (Lipinski definition) is 5. The molecule has 0 unspecified atom stereocenters. The topological polar surface area (TPSA) is 103 Å². The molecule has 0 saturated carbocycles. The number of likely N-dealkylation sites (tertiary alicyclic amines) is 1. The van der Waals surface area contributed by atoms with Gasteiger partial charge in [0.25, 0.3) is 5.91 Å². The molecule has 2 aromatic carbocycles. The molecule has 8 nitrogen and oxygen atoms in total. The van der Waals surface area contributed by atoms with Crippen LogP contribution in [-0.2, 0) is 11.3 Å². The lowest BCUT2D eigenvalue weighted by Crippen LogP contribution is -2.56. The SMILES string of the molecule is O=C(N[C@@H]1CC[C@@H](C(=O)NCc2ccccc2)N(CC2=CCCC=C2)C1)c1ccc2[nH]nc(-c3ccncc3)c2c1.